The van der Waals surface area contributed by atoms with E-state index in [1.165, 1.54) is 0 Å². The van der Waals surface area contributed by atoms with E-state index in [1.54, 1.807) is 0 Å². The summed E-state index contributed by atoms with van der Waals surface area (Å²) < 4.78 is 0. The Bertz CT molecular complexity index is 584. The van der Waals surface area contributed by atoms with Crippen LogP contribution in [0, 0.1) is 5.92 Å². The molecule has 4 N–H and O–H groups in total. The van der Waals surface area contributed by atoms with E-state index >= 15 is 0 Å². The standard InChI is InChI=1S/C16H24N6/c1-11(2)9-10-18-12(3)14-20-15(17)22-16(21-14)19-13-7-5-4-6-8-13/h4-8,11-12,18H,9-10H2,1-3H3,(H3,17,19,20,21,22)/t12-/m0/s1. The molecule has 0 unspecified atom stereocenters. The Morgan fingerprint density at radius 3 is 2.45 bits per heavy atom. The molecule has 118 valence electrons. The molecule has 0 saturated heterocycles. The van der Waals surface area contributed by atoms with Gasteiger partial charge in [0.25, 0.3) is 0 Å². The number of hydrogen-bond acceptors (Lipinski definition) is 6. The maximum atomic E-state index is 5.80. The second kappa shape index (κ2) is 7.70. The van der Waals surface area contributed by atoms with Gasteiger partial charge < -0.3 is 16.4 Å². The van der Waals surface area contributed by atoms with Gasteiger partial charge in [0.05, 0.1) is 6.04 Å². The number of nitrogens with zero attached hydrogens (tertiary/aromatic N) is 3. The lowest BCUT2D eigenvalue weighted by molar-refractivity contribution is 0.484. The summed E-state index contributed by atoms with van der Waals surface area (Å²) >= 11 is 0. The number of aromatic nitrogens is 3. The molecule has 0 bridgehead atoms. The van der Waals surface area contributed by atoms with Crippen molar-refractivity contribution >= 4 is 17.6 Å². The molecule has 6 nitrogen and oxygen atoms in total. The van der Waals surface area contributed by atoms with Crippen LogP contribution in [0.15, 0.2) is 30.3 Å². The number of nitrogens with one attached hydrogen (secondary N) is 2. The first-order chi connectivity index (χ1) is 10.5. The molecule has 0 saturated carbocycles. The van der Waals surface area contributed by atoms with E-state index < -0.39 is 0 Å². The summed E-state index contributed by atoms with van der Waals surface area (Å²) in [6.45, 7) is 7.36. The number of benzene rings is 1. The van der Waals surface area contributed by atoms with Gasteiger partial charge in [-0.2, -0.15) is 15.0 Å². The molecule has 2 rings (SSSR count). The zero-order valence-electron chi connectivity index (χ0n) is 13.4. The first-order valence-corrected chi connectivity index (χ1v) is 7.61. The Balaban J connectivity index is 2.06. The Kier molecular flexibility index (Phi) is 5.66. The normalized spacial score (nSPS) is 12.4. The van der Waals surface area contributed by atoms with Gasteiger partial charge in [-0.15, -0.1) is 0 Å². The van der Waals surface area contributed by atoms with Crippen LogP contribution in [0.2, 0.25) is 0 Å². The van der Waals surface area contributed by atoms with E-state index in [0.717, 1.165) is 18.7 Å². The molecule has 2 aromatic rings. The highest BCUT2D eigenvalue weighted by atomic mass is 15.2. The third-order valence-electron chi connectivity index (χ3n) is 3.26. The largest absolute Gasteiger partial charge is 0.368 e. The molecule has 0 fully saturated rings. The predicted octanol–water partition coefficient (Wildman–Crippen LogP) is 2.89. The second-order valence-electron chi connectivity index (χ2n) is 5.72. The molecule has 6 heteroatoms. The van der Waals surface area contributed by atoms with Crippen molar-refractivity contribution in [2.45, 2.75) is 33.2 Å². The van der Waals surface area contributed by atoms with Crippen LogP contribution in [0.1, 0.15) is 39.1 Å². The summed E-state index contributed by atoms with van der Waals surface area (Å²) in [5, 5.41) is 6.56. The summed E-state index contributed by atoms with van der Waals surface area (Å²) in [6.07, 6.45) is 1.11. The number of hydrogen-bond donors (Lipinski definition) is 3. The Hall–Kier alpha value is -2.21. The van der Waals surface area contributed by atoms with Crippen molar-refractivity contribution in [1.29, 1.82) is 0 Å². The van der Waals surface area contributed by atoms with Gasteiger partial charge in [-0.05, 0) is 37.9 Å². The Labute approximate surface area is 131 Å². The number of anilines is 3. The highest BCUT2D eigenvalue weighted by Crippen LogP contribution is 2.15. The van der Waals surface area contributed by atoms with Crippen molar-refractivity contribution in [2.24, 2.45) is 5.92 Å². The van der Waals surface area contributed by atoms with E-state index in [1.807, 2.05) is 37.3 Å². The average molecular weight is 300 g/mol. The van der Waals surface area contributed by atoms with Gasteiger partial charge in [-0.3, -0.25) is 0 Å². The smallest absolute Gasteiger partial charge is 0.232 e. The fourth-order valence-corrected chi connectivity index (χ4v) is 1.99. The zero-order valence-corrected chi connectivity index (χ0v) is 13.4. The monoisotopic (exact) mass is 300 g/mol. The first kappa shape index (κ1) is 16.2. The molecule has 0 aliphatic carbocycles. The molecule has 0 amide bonds. The van der Waals surface area contributed by atoms with E-state index in [-0.39, 0.29) is 12.0 Å². The van der Waals surface area contributed by atoms with Crippen LogP contribution in [0.5, 0.6) is 0 Å². The molecular weight excluding hydrogens is 276 g/mol. The lowest BCUT2D eigenvalue weighted by atomic mass is 10.1. The van der Waals surface area contributed by atoms with Crippen LogP contribution < -0.4 is 16.4 Å². The quantitative estimate of drug-likeness (QED) is 0.728. The van der Waals surface area contributed by atoms with E-state index in [4.69, 9.17) is 5.73 Å². The molecule has 0 radical (unpaired) electrons. The highest BCUT2D eigenvalue weighted by Gasteiger charge is 2.12. The van der Waals surface area contributed by atoms with Gasteiger partial charge in [0.2, 0.25) is 11.9 Å². The Morgan fingerprint density at radius 1 is 1.05 bits per heavy atom. The minimum atomic E-state index is 0.0281. The van der Waals surface area contributed by atoms with Crippen molar-refractivity contribution < 1.29 is 0 Å². The third-order valence-corrected chi connectivity index (χ3v) is 3.26. The summed E-state index contributed by atoms with van der Waals surface area (Å²) in [5.41, 5.74) is 6.71. The zero-order chi connectivity index (χ0) is 15.9. The minimum absolute atomic E-state index is 0.0281. The van der Waals surface area contributed by atoms with Gasteiger partial charge in [0.15, 0.2) is 5.82 Å². The van der Waals surface area contributed by atoms with Crippen molar-refractivity contribution in [3.63, 3.8) is 0 Å². The SMILES string of the molecule is CC(C)CCN[C@@H](C)c1nc(N)nc(Nc2ccccc2)n1. The first-order valence-electron chi connectivity index (χ1n) is 7.61. The van der Waals surface area contributed by atoms with Crippen molar-refractivity contribution in [3.8, 4) is 0 Å². The van der Waals surface area contributed by atoms with Gasteiger partial charge in [-0.1, -0.05) is 32.0 Å². The lowest BCUT2D eigenvalue weighted by Gasteiger charge is -2.15. The molecule has 0 aliphatic rings. The fourth-order valence-electron chi connectivity index (χ4n) is 1.99. The number of para-hydroxylation sites is 1. The molecule has 0 aliphatic heterocycles. The van der Waals surface area contributed by atoms with Gasteiger partial charge in [0.1, 0.15) is 0 Å². The van der Waals surface area contributed by atoms with Gasteiger partial charge in [0, 0.05) is 5.69 Å². The van der Waals surface area contributed by atoms with Crippen LogP contribution in [0.4, 0.5) is 17.6 Å². The molecule has 1 aromatic carbocycles. The maximum Gasteiger partial charge on any atom is 0.232 e. The second-order valence-corrected chi connectivity index (χ2v) is 5.72. The number of nitrogen functional groups attached to an aromatic ring is 1. The van der Waals surface area contributed by atoms with Crippen LogP contribution in [0.25, 0.3) is 0 Å². The van der Waals surface area contributed by atoms with Crippen molar-refractivity contribution in [3.05, 3.63) is 36.2 Å². The molecule has 1 aromatic heterocycles. The van der Waals surface area contributed by atoms with Crippen LogP contribution in [-0.4, -0.2) is 21.5 Å². The fraction of sp³-hybridized carbons (Fsp3) is 0.438. The van der Waals surface area contributed by atoms with E-state index in [2.05, 4.69) is 39.4 Å². The predicted molar refractivity (Wildman–Crippen MR) is 89.8 cm³/mol. The minimum Gasteiger partial charge on any atom is -0.368 e. The summed E-state index contributed by atoms with van der Waals surface area (Å²) in [7, 11) is 0. The molecule has 0 spiro atoms. The van der Waals surface area contributed by atoms with E-state index in [9.17, 15) is 0 Å². The summed E-state index contributed by atoms with van der Waals surface area (Å²) in [5.74, 6) is 2.00. The average Bonchev–Trinajstić information content (AvgIpc) is 2.47. The van der Waals surface area contributed by atoms with E-state index in [0.29, 0.717) is 17.7 Å². The van der Waals surface area contributed by atoms with Gasteiger partial charge >= 0.3 is 0 Å². The number of nitrogens with two attached hydrogens (primary N) is 1. The summed E-state index contributed by atoms with van der Waals surface area (Å²) in [4.78, 5) is 12.8. The maximum absolute atomic E-state index is 5.80. The van der Waals surface area contributed by atoms with Crippen LogP contribution in [-0.2, 0) is 0 Å². The molecule has 22 heavy (non-hydrogen) atoms. The summed E-state index contributed by atoms with van der Waals surface area (Å²) in [6, 6.07) is 9.78. The van der Waals surface area contributed by atoms with Crippen molar-refractivity contribution in [1.82, 2.24) is 20.3 Å². The third kappa shape index (κ3) is 4.96. The highest BCUT2D eigenvalue weighted by molar-refractivity contribution is 5.53. The van der Waals surface area contributed by atoms with Crippen LogP contribution >= 0.6 is 0 Å². The lowest BCUT2D eigenvalue weighted by Crippen LogP contribution is -2.23. The topological polar surface area (TPSA) is 88.8 Å². The van der Waals surface area contributed by atoms with Crippen molar-refractivity contribution in [2.75, 3.05) is 17.6 Å². The molecule has 1 heterocycles. The number of rotatable bonds is 7. The van der Waals surface area contributed by atoms with Gasteiger partial charge in [-0.25, -0.2) is 0 Å². The molecule has 1 atom stereocenters. The molecular formula is C16H24N6. The van der Waals surface area contributed by atoms with Crippen LogP contribution in [0.3, 0.4) is 0 Å². The Morgan fingerprint density at radius 2 is 1.77 bits per heavy atom.